The zero-order valence-electron chi connectivity index (χ0n) is 11.6. The SMILES string of the molecule is CCNc1nc(C2CC2)nc(-c2ccnn2C)c1C. The predicted molar refractivity (Wildman–Crippen MR) is 75.1 cm³/mol. The second-order valence-corrected chi connectivity index (χ2v) is 5.05. The molecule has 1 aliphatic carbocycles. The smallest absolute Gasteiger partial charge is 0.134 e. The van der Waals surface area contributed by atoms with Gasteiger partial charge < -0.3 is 5.32 Å². The number of aryl methyl sites for hydroxylation is 1. The molecule has 0 aromatic carbocycles. The summed E-state index contributed by atoms with van der Waals surface area (Å²) in [4.78, 5) is 9.44. The quantitative estimate of drug-likeness (QED) is 0.914. The van der Waals surface area contributed by atoms with Crippen molar-refractivity contribution < 1.29 is 0 Å². The van der Waals surface area contributed by atoms with Gasteiger partial charge in [-0.15, -0.1) is 0 Å². The van der Waals surface area contributed by atoms with Crippen molar-refractivity contribution in [3.63, 3.8) is 0 Å². The lowest BCUT2D eigenvalue weighted by atomic mass is 10.1. The largest absolute Gasteiger partial charge is 0.370 e. The van der Waals surface area contributed by atoms with Gasteiger partial charge in [0.15, 0.2) is 0 Å². The standard InChI is InChI=1S/C14H19N5/c1-4-15-13-9(2)12(11-7-8-16-19(11)3)17-14(18-13)10-5-6-10/h7-8,10H,4-6H2,1-3H3,(H,15,17,18). The van der Waals surface area contributed by atoms with Crippen molar-refractivity contribution in [2.45, 2.75) is 32.6 Å². The Morgan fingerprint density at radius 1 is 1.37 bits per heavy atom. The minimum atomic E-state index is 0.546. The number of aromatic nitrogens is 4. The second kappa shape index (κ2) is 4.64. The molecule has 0 aliphatic heterocycles. The van der Waals surface area contributed by atoms with E-state index in [0.717, 1.165) is 35.1 Å². The Balaban J connectivity index is 2.13. The van der Waals surface area contributed by atoms with Gasteiger partial charge >= 0.3 is 0 Å². The van der Waals surface area contributed by atoms with Crippen LogP contribution in [0.1, 0.15) is 37.1 Å². The van der Waals surface area contributed by atoms with Crippen molar-refractivity contribution in [2.75, 3.05) is 11.9 Å². The van der Waals surface area contributed by atoms with Crippen molar-refractivity contribution in [3.8, 4) is 11.4 Å². The summed E-state index contributed by atoms with van der Waals surface area (Å²) in [5, 5.41) is 7.58. The molecule has 0 bridgehead atoms. The molecule has 0 saturated heterocycles. The zero-order valence-corrected chi connectivity index (χ0v) is 11.6. The first-order valence-corrected chi connectivity index (χ1v) is 6.81. The number of nitrogens with zero attached hydrogens (tertiary/aromatic N) is 4. The first-order valence-electron chi connectivity index (χ1n) is 6.81. The molecule has 2 heterocycles. The van der Waals surface area contributed by atoms with Crippen molar-refractivity contribution in [1.29, 1.82) is 0 Å². The summed E-state index contributed by atoms with van der Waals surface area (Å²) in [5.41, 5.74) is 3.13. The molecule has 2 aromatic heterocycles. The van der Waals surface area contributed by atoms with Crippen LogP contribution in [-0.4, -0.2) is 26.3 Å². The normalized spacial score (nSPS) is 14.7. The molecular formula is C14H19N5. The fourth-order valence-corrected chi connectivity index (χ4v) is 2.25. The number of hydrogen-bond acceptors (Lipinski definition) is 4. The number of hydrogen-bond donors (Lipinski definition) is 1. The maximum Gasteiger partial charge on any atom is 0.134 e. The van der Waals surface area contributed by atoms with Gasteiger partial charge in [-0.25, -0.2) is 9.97 Å². The van der Waals surface area contributed by atoms with Crippen LogP contribution in [0.15, 0.2) is 12.3 Å². The Morgan fingerprint density at radius 3 is 2.74 bits per heavy atom. The molecule has 1 fully saturated rings. The molecule has 1 N–H and O–H groups in total. The Morgan fingerprint density at radius 2 is 2.16 bits per heavy atom. The van der Waals surface area contributed by atoms with Gasteiger partial charge in [-0.1, -0.05) is 0 Å². The number of anilines is 1. The van der Waals surface area contributed by atoms with Gasteiger partial charge in [-0.2, -0.15) is 5.10 Å². The van der Waals surface area contributed by atoms with Crippen molar-refractivity contribution in [1.82, 2.24) is 19.7 Å². The first-order chi connectivity index (χ1) is 9.20. The lowest BCUT2D eigenvalue weighted by Gasteiger charge is -2.13. The highest BCUT2D eigenvalue weighted by Gasteiger charge is 2.28. The van der Waals surface area contributed by atoms with Crippen LogP contribution in [0.2, 0.25) is 0 Å². The summed E-state index contributed by atoms with van der Waals surface area (Å²) in [6, 6.07) is 2.00. The van der Waals surface area contributed by atoms with E-state index in [-0.39, 0.29) is 0 Å². The molecule has 0 radical (unpaired) electrons. The maximum absolute atomic E-state index is 4.77. The van der Waals surface area contributed by atoms with Crippen LogP contribution in [0.25, 0.3) is 11.4 Å². The van der Waals surface area contributed by atoms with Crippen molar-refractivity contribution in [2.24, 2.45) is 7.05 Å². The minimum Gasteiger partial charge on any atom is -0.370 e. The fourth-order valence-electron chi connectivity index (χ4n) is 2.25. The average Bonchev–Trinajstić information content (AvgIpc) is 3.15. The third-order valence-corrected chi connectivity index (χ3v) is 3.51. The highest BCUT2D eigenvalue weighted by Crippen LogP contribution is 2.40. The second-order valence-electron chi connectivity index (χ2n) is 5.05. The van der Waals surface area contributed by atoms with Crippen LogP contribution in [0.4, 0.5) is 5.82 Å². The van der Waals surface area contributed by atoms with E-state index in [0.29, 0.717) is 5.92 Å². The molecule has 3 rings (SSSR count). The van der Waals surface area contributed by atoms with Crippen molar-refractivity contribution in [3.05, 3.63) is 23.7 Å². The highest BCUT2D eigenvalue weighted by molar-refractivity contribution is 5.65. The number of nitrogens with one attached hydrogen (secondary N) is 1. The molecule has 5 heteroatoms. The van der Waals surface area contributed by atoms with E-state index in [4.69, 9.17) is 4.98 Å². The van der Waals surface area contributed by atoms with E-state index >= 15 is 0 Å². The van der Waals surface area contributed by atoms with Crippen LogP contribution in [0.3, 0.4) is 0 Å². The van der Waals surface area contributed by atoms with Gasteiger partial charge in [0.1, 0.15) is 11.6 Å². The van der Waals surface area contributed by atoms with E-state index in [1.165, 1.54) is 12.8 Å². The van der Waals surface area contributed by atoms with Crippen LogP contribution >= 0.6 is 0 Å². The summed E-state index contributed by atoms with van der Waals surface area (Å²) < 4.78 is 1.86. The van der Waals surface area contributed by atoms with E-state index in [1.54, 1.807) is 6.20 Å². The summed E-state index contributed by atoms with van der Waals surface area (Å²) >= 11 is 0. The molecule has 0 spiro atoms. The third kappa shape index (κ3) is 2.20. The summed E-state index contributed by atoms with van der Waals surface area (Å²) in [6.45, 7) is 5.02. The van der Waals surface area contributed by atoms with E-state index in [2.05, 4.69) is 29.2 Å². The molecule has 5 nitrogen and oxygen atoms in total. The lowest BCUT2D eigenvalue weighted by Crippen LogP contribution is -2.08. The number of rotatable bonds is 4. The van der Waals surface area contributed by atoms with E-state index in [9.17, 15) is 0 Å². The molecule has 0 atom stereocenters. The predicted octanol–water partition coefficient (Wildman–Crippen LogP) is 2.49. The Labute approximate surface area is 113 Å². The summed E-state index contributed by atoms with van der Waals surface area (Å²) in [5.74, 6) is 2.47. The van der Waals surface area contributed by atoms with Gasteiger partial charge in [0.25, 0.3) is 0 Å². The molecule has 1 aliphatic rings. The fraction of sp³-hybridized carbons (Fsp3) is 0.500. The van der Waals surface area contributed by atoms with Crippen LogP contribution in [0, 0.1) is 6.92 Å². The molecule has 1 saturated carbocycles. The molecular weight excluding hydrogens is 238 g/mol. The van der Waals surface area contributed by atoms with Crippen LogP contribution in [-0.2, 0) is 7.05 Å². The minimum absolute atomic E-state index is 0.546. The Kier molecular flexibility index (Phi) is 2.97. The van der Waals surface area contributed by atoms with Crippen LogP contribution in [0.5, 0.6) is 0 Å². The molecule has 2 aromatic rings. The summed E-state index contributed by atoms with van der Waals surface area (Å²) in [6.07, 6.45) is 4.22. The van der Waals surface area contributed by atoms with Gasteiger partial charge in [0.05, 0.1) is 11.4 Å². The zero-order chi connectivity index (χ0) is 13.4. The third-order valence-electron chi connectivity index (χ3n) is 3.51. The molecule has 0 unspecified atom stereocenters. The average molecular weight is 257 g/mol. The maximum atomic E-state index is 4.77. The lowest BCUT2D eigenvalue weighted by molar-refractivity contribution is 0.769. The summed E-state index contributed by atoms with van der Waals surface area (Å²) in [7, 11) is 1.95. The topological polar surface area (TPSA) is 55.6 Å². The molecule has 100 valence electrons. The van der Waals surface area contributed by atoms with Gasteiger partial charge in [0.2, 0.25) is 0 Å². The van der Waals surface area contributed by atoms with Gasteiger partial charge in [0, 0.05) is 31.3 Å². The monoisotopic (exact) mass is 257 g/mol. The van der Waals surface area contributed by atoms with Crippen molar-refractivity contribution >= 4 is 5.82 Å². The first kappa shape index (κ1) is 12.1. The Hall–Kier alpha value is -1.91. The van der Waals surface area contributed by atoms with Gasteiger partial charge in [-0.05, 0) is 32.8 Å². The van der Waals surface area contributed by atoms with E-state index in [1.807, 2.05) is 17.8 Å². The van der Waals surface area contributed by atoms with Crippen LogP contribution < -0.4 is 5.32 Å². The highest BCUT2D eigenvalue weighted by atomic mass is 15.3. The van der Waals surface area contributed by atoms with Gasteiger partial charge in [-0.3, -0.25) is 4.68 Å². The Bertz CT molecular complexity index is 598. The molecule has 0 amide bonds. The van der Waals surface area contributed by atoms with E-state index < -0.39 is 0 Å². The molecule has 19 heavy (non-hydrogen) atoms.